The second-order valence-corrected chi connectivity index (χ2v) is 6.98. The Bertz CT molecular complexity index is 793. The van der Waals surface area contributed by atoms with Crippen LogP contribution in [0.15, 0.2) is 18.2 Å². The molecule has 1 amide bonds. The largest absolute Gasteiger partial charge is 0.417 e. The monoisotopic (exact) mass is 367 g/mol. The lowest BCUT2D eigenvalue weighted by Gasteiger charge is -2.45. The van der Waals surface area contributed by atoms with E-state index >= 15 is 0 Å². The number of hydrogen-bond donors (Lipinski definition) is 0. The molecule has 2 fully saturated rings. The van der Waals surface area contributed by atoms with Crippen LogP contribution in [0.3, 0.4) is 0 Å². The standard InChI is InChI=1S/C17H16F3N3OS/c1-10(2)23-15(25)22(14(24)16(23)6-3-7-16)12-5-4-11(9-21)13(8-12)17(18,19)20/h4-5,8,10H,3,6-7H2,1-2H3. The van der Waals surface area contributed by atoms with Gasteiger partial charge in [0.05, 0.1) is 22.9 Å². The minimum Gasteiger partial charge on any atom is -0.331 e. The Morgan fingerprint density at radius 3 is 2.36 bits per heavy atom. The van der Waals surface area contributed by atoms with E-state index in [4.69, 9.17) is 17.5 Å². The van der Waals surface area contributed by atoms with Gasteiger partial charge in [0, 0.05) is 6.04 Å². The van der Waals surface area contributed by atoms with Crippen LogP contribution in [-0.4, -0.2) is 27.5 Å². The van der Waals surface area contributed by atoms with Crippen molar-refractivity contribution in [2.75, 3.05) is 4.90 Å². The van der Waals surface area contributed by atoms with Crippen molar-refractivity contribution in [1.29, 1.82) is 5.26 Å². The van der Waals surface area contributed by atoms with Crippen LogP contribution in [0.1, 0.15) is 44.2 Å². The summed E-state index contributed by atoms with van der Waals surface area (Å²) >= 11 is 5.43. The summed E-state index contributed by atoms with van der Waals surface area (Å²) in [7, 11) is 0. The SMILES string of the molecule is CC(C)N1C(=S)N(c2ccc(C#N)c(C(F)(F)F)c2)C(=O)C12CCC2. The molecule has 0 atom stereocenters. The molecule has 8 heteroatoms. The van der Waals surface area contributed by atoms with E-state index < -0.39 is 22.8 Å². The van der Waals surface area contributed by atoms with E-state index in [1.807, 2.05) is 18.7 Å². The molecule has 1 heterocycles. The molecule has 0 unspecified atom stereocenters. The quantitative estimate of drug-likeness (QED) is 0.745. The Kier molecular flexibility index (Phi) is 4.03. The third-order valence-electron chi connectivity index (χ3n) is 4.84. The molecule has 1 aromatic carbocycles. The summed E-state index contributed by atoms with van der Waals surface area (Å²) in [6, 6.07) is 4.76. The van der Waals surface area contributed by atoms with Gasteiger partial charge in [0.2, 0.25) is 0 Å². The lowest BCUT2D eigenvalue weighted by molar-refractivity contribution is -0.137. The molecule has 0 aromatic heterocycles. The van der Waals surface area contributed by atoms with E-state index in [0.29, 0.717) is 12.8 Å². The van der Waals surface area contributed by atoms with E-state index in [9.17, 15) is 18.0 Å². The smallest absolute Gasteiger partial charge is 0.331 e. The zero-order chi connectivity index (χ0) is 18.6. The molecule has 2 aliphatic rings. The van der Waals surface area contributed by atoms with E-state index in [2.05, 4.69) is 0 Å². The fraction of sp³-hybridized carbons (Fsp3) is 0.471. The third kappa shape index (κ3) is 2.49. The average molecular weight is 367 g/mol. The zero-order valence-corrected chi connectivity index (χ0v) is 14.5. The summed E-state index contributed by atoms with van der Waals surface area (Å²) in [5, 5.41) is 9.14. The Balaban J connectivity index is 2.10. The maximum Gasteiger partial charge on any atom is 0.417 e. The van der Waals surface area contributed by atoms with Gasteiger partial charge in [-0.25, -0.2) is 0 Å². The Morgan fingerprint density at radius 1 is 1.32 bits per heavy atom. The summed E-state index contributed by atoms with van der Waals surface area (Å²) < 4.78 is 39.7. The first-order chi connectivity index (χ1) is 11.6. The highest BCUT2D eigenvalue weighted by Gasteiger charge is 2.59. The summed E-state index contributed by atoms with van der Waals surface area (Å²) in [5.41, 5.74) is -2.23. The highest BCUT2D eigenvalue weighted by molar-refractivity contribution is 7.80. The maximum atomic E-state index is 13.2. The molecule has 4 nitrogen and oxygen atoms in total. The number of carbonyl (C=O) groups excluding carboxylic acids is 1. The van der Waals surface area contributed by atoms with Crippen molar-refractivity contribution in [3.05, 3.63) is 29.3 Å². The molecule has 1 aliphatic carbocycles. The predicted octanol–water partition coefficient (Wildman–Crippen LogP) is 3.84. The number of amides is 1. The number of nitrogens with zero attached hydrogens (tertiary/aromatic N) is 3. The molecule has 1 aromatic rings. The summed E-state index contributed by atoms with van der Waals surface area (Å²) in [6.07, 6.45) is -2.52. The van der Waals surface area contributed by atoms with Crippen LogP contribution in [0.2, 0.25) is 0 Å². The number of thiocarbonyl (C=S) groups is 1. The van der Waals surface area contributed by atoms with Crippen LogP contribution in [0.25, 0.3) is 0 Å². The van der Waals surface area contributed by atoms with Crippen molar-refractivity contribution in [1.82, 2.24) is 4.90 Å². The Morgan fingerprint density at radius 2 is 1.96 bits per heavy atom. The van der Waals surface area contributed by atoms with Crippen molar-refractivity contribution in [2.45, 2.75) is 50.9 Å². The van der Waals surface area contributed by atoms with Gasteiger partial charge in [-0.3, -0.25) is 9.69 Å². The van der Waals surface area contributed by atoms with Gasteiger partial charge in [-0.1, -0.05) is 0 Å². The van der Waals surface area contributed by atoms with Crippen molar-refractivity contribution in [3.63, 3.8) is 0 Å². The first-order valence-electron chi connectivity index (χ1n) is 7.92. The lowest BCUT2D eigenvalue weighted by Crippen LogP contribution is -2.57. The normalized spacial score (nSPS) is 19.6. The van der Waals surface area contributed by atoms with Gasteiger partial charge in [0.25, 0.3) is 5.91 Å². The van der Waals surface area contributed by atoms with Crippen LogP contribution in [0, 0.1) is 11.3 Å². The van der Waals surface area contributed by atoms with E-state index in [1.165, 1.54) is 11.0 Å². The molecular formula is C17H16F3N3OS. The lowest BCUT2D eigenvalue weighted by atomic mass is 9.75. The second-order valence-electron chi connectivity index (χ2n) is 6.61. The maximum absolute atomic E-state index is 13.2. The third-order valence-corrected chi connectivity index (χ3v) is 5.22. The number of rotatable bonds is 2. The number of hydrogen-bond acceptors (Lipinski definition) is 3. The number of carbonyl (C=O) groups is 1. The second kappa shape index (κ2) is 5.70. The zero-order valence-electron chi connectivity index (χ0n) is 13.7. The molecule has 0 N–H and O–H groups in total. The Hall–Kier alpha value is -2.14. The predicted molar refractivity (Wildman–Crippen MR) is 89.8 cm³/mol. The Labute approximate surface area is 148 Å². The number of benzene rings is 1. The highest BCUT2D eigenvalue weighted by atomic mass is 32.1. The molecule has 3 rings (SSSR count). The van der Waals surface area contributed by atoms with Crippen molar-refractivity contribution in [2.24, 2.45) is 0 Å². The van der Waals surface area contributed by atoms with Crippen LogP contribution in [0.4, 0.5) is 18.9 Å². The number of nitriles is 1. The molecule has 1 saturated carbocycles. The number of anilines is 1. The van der Waals surface area contributed by atoms with E-state index in [1.54, 1.807) is 6.07 Å². The van der Waals surface area contributed by atoms with Gasteiger partial charge < -0.3 is 4.90 Å². The molecule has 0 radical (unpaired) electrons. The van der Waals surface area contributed by atoms with Crippen LogP contribution in [0.5, 0.6) is 0 Å². The first kappa shape index (κ1) is 17.7. The summed E-state index contributed by atoms with van der Waals surface area (Å²) in [5.74, 6) is -0.282. The molecule has 25 heavy (non-hydrogen) atoms. The molecule has 132 valence electrons. The van der Waals surface area contributed by atoms with E-state index in [0.717, 1.165) is 18.6 Å². The van der Waals surface area contributed by atoms with Crippen molar-refractivity contribution >= 4 is 28.9 Å². The van der Waals surface area contributed by atoms with Crippen LogP contribution in [-0.2, 0) is 11.0 Å². The molecule has 1 aliphatic heterocycles. The fourth-order valence-electron chi connectivity index (χ4n) is 3.60. The summed E-state index contributed by atoms with van der Waals surface area (Å²) in [4.78, 5) is 16.0. The van der Waals surface area contributed by atoms with Gasteiger partial charge in [0.1, 0.15) is 5.54 Å². The van der Waals surface area contributed by atoms with Crippen molar-refractivity contribution < 1.29 is 18.0 Å². The molecule has 0 bridgehead atoms. The first-order valence-corrected chi connectivity index (χ1v) is 8.33. The van der Waals surface area contributed by atoms with Gasteiger partial charge in [-0.2, -0.15) is 18.4 Å². The van der Waals surface area contributed by atoms with Crippen LogP contribution < -0.4 is 4.90 Å². The van der Waals surface area contributed by atoms with Crippen LogP contribution >= 0.6 is 12.2 Å². The number of halogens is 3. The van der Waals surface area contributed by atoms with Gasteiger partial charge >= 0.3 is 6.18 Å². The van der Waals surface area contributed by atoms with Crippen molar-refractivity contribution in [3.8, 4) is 6.07 Å². The summed E-state index contributed by atoms with van der Waals surface area (Å²) in [6.45, 7) is 3.81. The molecule has 1 spiro atoms. The number of alkyl halides is 3. The average Bonchev–Trinajstić information content (AvgIpc) is 2.73. The fourth-order valence-corrected chi connectivity index (χ4v) is 4.18. The highest BCUT2D eigenvalue weighted by Crippen LogP contribution is 2.47. The molecule has 1 saturated heterocycles. The van der Waals surface area contributed by atoms with Gasteiger partial charge in [-0.15, -0.1) is 0 Å². The topological polar surface area (TPSA) is 47.3 Å². The minimum atomic E-state index is -4.68. The minimum absolute atomic E-state index is 0.0396. The van der Waals surface area contributed by atoms with Gasteiger partial charge in [0.15, 0.2) is 5.11 Å². The van der Waals surface area contributed by atoms with Gasteiger partial charge in [-0.05, 0) is 63.5 Å². The molecular weight excluding hydrogens is 351 g/mol. The van der Waals surface area contributed by atoms with E-state index in [-0.39, 0.29) is 22.7 Å².